The fraction of sp³-hybridized carbons (Fsp3) is 0.207. The van der Waals surface area contributed by atoms with Gasteiger partial charge in [-0.2, -0.15) is 0 Å². The Balaban J connectivity index is 1.51. The molecular formula is C29H23BrN2O5S2. The van der Waals surface area contributed by atoms with Gasteiger partial charge in [-0.25, -0.2) is 4.90 Å². The van der Waals surface area contributed by atoms with Crippen LogP contribution in [0.25, 0.3) is 0 Å². The van der Waals surface area contributed by atoms with Gasteiger partial charge in [0.05, 0.1) is 37.4 Å². The minimum Gasteiger partial charge on any atom is -0.493 e. The van der Waals surface area contributed by atoms with Crippen LogP contribution in [0.15, 0.2) is 87.1 Å². The zero-order valence-corrected chi connectivity index (χ0v) is 24.2. The number of thioether (sulfide) groups is 1. The standard InChI is InChI=1S/C29H23BrN2O5S2/c1-36-20-13-8-17(14-21(20)37-2)22-23-24(27(34)32(26(23)33)19-11-9-18(30)10-12-19)38-28-25(22)39-29(35)31(28)15-16-6-4-3-5-7-16/h3-14,22-24H,15H2,1-2H3/t22-,23-,24+/m1/s1. The second-order valence-corrected chi connectivity index (χ2v) is 12.3. The fourth-order valence-electron chi connectivity index (χ4n) is 5.27. The molecule has 0 radical (unpaired) electrons. The molecule has 1 saturated heterocycles. The van der Waals surface area contributed by atoms with Crippen LogP contribution in [0.1, 0.15) is 21.9 Å². The smallest absolute Gasteiger partial charge is 0.308 e. The summed E-state index contributed by atoms with van der Waals surface area (Å²) >= 11 is 5.88. The van der Waals surface area contributed by atoms with Crippen LogP contribution in [0.3, 0.4) is 0 Å². The van der Waals surface area contributed by atoms with E-state index >= 15 is 0 Å². The highest BCUT2D eigenvalue weighted by Crippen LogP contribution is 2.54. The number of anilines is 1. The number of thiazole rings is 1. The molecule has 2 aliphatic heterocycles. The van der Waals surface area contributed by atoms with Gasteiger partial charge in [-0.1, -0.05) is 75.4 Å². The number of imide groups is 1. The van der Waals surface area contributed by atoms with E-state index in [9.17, 15) is 14.4 Å². The zero-order valence-electron chi connectivity index (χ0n) is 21.0. The number of hydrogen-bond acceptors (Lipinski definition) is 7. The van der Waals surface area contributed by atoms with Crippen LogP contribution in [0, 0.1) is 5.92 Å². The largest absolute Gasteiger partial charge is 0.493 e. The Morgan fingerprint density at radius 2 is 1.59 bits per heavy atom. The van der Waals surface area contributed by atoms with E-state index in [1.807, 2.05) is 54.6 Å². The third-order valence-electron chi connectivity index (χ3n) is 7.08. The predicted molar refractivity (Wildman–Crippen MR) is 155 cm³/mol. The molecule has 0 bridgehead atoms. The number of rotatable bonds is 6. The van der Waals surface area contributed by atoms with Crippen molar-refractivity contribution in [2.24, 2.45) is 5.92 Å². The van der Waals surface area contributed by atoms with Crippen molar-refractivity contribution < 1.29 is 19.1 Å². The van der Waals surface area contributed by atoms with E-state index in [1.54, 1.807) is 37.0 Å². The van der Waals surface area contributed by atoms with Gasteiger partial charge in [0, 0.05) is 15.3 Å². The van der Waals surface area contributed by atoms with Crippen LogP contribution < -0.4 is 19.2 Å². The maximum Gasteiger partial charge on any atom is 0.308 e. The third-order valence-corrected chi connectivity index (χ3v) is 10.2. The average molecular weight is 624 g/mol. The van der Waals surface area contributed by atoms with E-state index in [1.165, 1.54) is 16.7 Å². The summed E-state index contributed by atoms with van der Waals surface area (Å²) < 4.78 is 13.6. The van der Waals surface area contributed by atoms with Crippen molar-refractivity contribution in [1.29, 1.82) is 0 Å². The van der Waals surface area contributed by atoms with Gasteiger partial charge in [0.25, 0.3) is 0 Å². The van der Waals surface area contributed by atoms with Gasteiger partial charge in [0.15, 0.2) is 11.5 Å². The van der Waals surface area contributed by atoms with Crippen molar-refractivity contribution in [3.05, 3.63) is 103 Å². The molecule has 2 aliphatic rings. The number of methoxy groups -OCH3 is 2. The lowest BCUT2D eigenvalue weighted by atomic mass is 9.83. The number of amides is 2. The van der Waals surface area contributed by atoms with Gasteiger partial charge in [-0.15, -0.1) is 0 Å². The van der Waals surface area contributed by atoms with Crippen LogP contribution >= 0.6 is 39.0 Å². The fourth-order valence-corrected chi connectivity index (χ4v) is 8.31. The van der Waals surface area contributed by atoms with Crippen molar-refractivity contribution in [3.63, 3.8) is 0 Å². The lowest BCUT2D eigenvalue weighted by Gasteiger charge is -2.31. The monoisotopic (exact) mass is 622 g/mol. The van der Waals surface area contributed by atoms with Gasteiger partial charge in [0.2, 0.25) is 11.8 Å². The molecule has 0 N–H and O–H groups in total. The molecule has 0 saturated carbocycles. The van der Waals surface area contributed by atoms with Crippen LogP contribution in [0.4, 0.5) is 5.69 Å². The number of aromatic nitrogens is 1. The highest BCUT2D eigenvalue weighted by molar-refractivity contribution is 9.10. The second kappa shape index (κ2) is 10.3. The highest BCUT2D eigenvalue weighted by Gasteiger charge is 2.56. The number of benzene rings is 3. The Morgan fingerprint density at radius 3 is 2.28 bits per heavy atom. The van der Waals surface area contributed by atoms with Crippen molar-refractivity contribution in [3.8, 4) is 11.5 Å². The summed E-state index contributed by atoms with van der Waals surface area (Å²) in [6.07, 6.45) is 0. The lowest BCUT2D eigenvalue weighted by Crippen LogP contribution is -2.32. The van der Waals surface area contributed by atoms with E-state index in [0.29, 0.717) is 23.7 Å². The molecule has 0 spiro atoms. The van der Waals surface area contributed by atoms with E-state index in [0.717, 1.165) is 36.8 Å². The molecule has 3 heterocycles. The topological polar surface area (TPSA) is 77.8 Å². The SMILES string of the molecule is COc1ccc([C@H]2c3sc(=O)n(Cc4ccccc4)c3S[C@@H]3C(=O)N(c4ccc(Br)cc4)C(=O)[C@H]23)cc1OC. The molecular weight excluding hydrogens is 600 g/mol. The summed E-state index contributed by atoms with van der Waals surface area (Å²) in [6, 6.07) is 22.4. The van der Waals surface area contributed by atoms with Gasteiger partial charge in [-0.05, 0) is 47.5 Å². The molecule has 3 atom stereocenters. The maximum atomic E-state index is 14.0. The van der Waals surface area contributed by atoms with Crippen molar-refractivity contribution in [2.45, 2.75) is 22.7 Å². The number of ether oxygens (including phenoxy) is 2. The molecule has 0 unspecified atom stereocenters. The molecule has 4 aromatic rings. The molecule has 2 amide bonds. The Morgan fingerprint density at radius 1 is 0.872 bits per heavy atom. The van der Waals surface area contributed by atoms with Gasteiger partial charge in [-0.3, -0.25) is 19.0 Å². The summed E-state index contributed by atoms with van der Waals surface area (Å²) in [5.41, 5.74) is 2.30. The second-order valence-electron chi connectivity index (χ2n) is 9.25. The van der Waals surface area contributed by atoms with Crippen LogP contribution in [0.2, 0.25) is 0 Å². The molecule has 1 aromatic heterocycles. The molecule has 0 aliphatic carbocycles. The van der Waals surface area contributed by atoms with Crippen LogP contribution in [0.5, 0.6) is 11.5 Å². The van der Waals surface area contributed by atoms with E-state index in [-0.39, 0.29) is 16.7 Å². The summed E-state index contributed by atoms with van der Waals surface area (Å²) in [6.45, 7) is 0.382. The maximum absolute atomic E-state index is 14.0. The van der Waals surface area contributed by atoms with Crippen LogP contribution in [-0.4, -0.2) is 35.9 Å². The van der Waals surface area contributed by atoms with Crippen molar-refractivity contribution in [2.75, 3.05) is 19.1 Å². The first-order valence-corrected chi connectivity index (χ1v) is 14.7. The summed E-state index contributed by atoms with van der Waals surface area (Å²) in [4.78, 5) is 43.2. The van der Waals surface area contributed by atoms with Gasteiger partial charge in [0.1, 0.15) is 5.25 Å². The Labute approximate surface area is 241 Å². The Hall–Kier alpha value is -3.34. The van der Waals surface area contributed by atoms with Crippen LogP contribution in [-0.2, 0) is 16.1 Å². The first-order valence-electron chi connectivity index (χ1n) is 12.2. The predicted octanol–water partition coefficient (Wildman–Crippen LogP) is 5.53. The number of nitrogens with zero attached hydrogens (tertiary/aromatic N) is 2. The van der Waals surface area contributed by atoms with Gasteiger partial charge >= 0.3 is 4.87 Å². The number of hydrogen-bond donors (Lipinski definition) is 0. The van der Waals surface area contributed by atoms with E-state index in [4.69, 9.17) is 9.47 Å². The van der Waals surface area contributed by atoms with Gasteiger partial charge < -0.3 is 9.47 Å². The number of carbonyl (C=O) groups excluding carboxylic acids is 2. The molecule has 39 heavy (non-hydrogen) atoms. The number of halogens is 1. The highest BCUT2D eigenvalue weighted by atomic mass is 79.9. The Kier molecular flexibility index (Phi) is 6.86. The van der Waals surface area contributed by atoms with Crippen molar-refractivity contribution >= 4 is 56.5 Å². The molecule has 198 valence electrons. The zero-order chi connectivity index (χ0) is 27.3. The average Bonchev–Trinajstić information content (AvgIpc) is 3.40. The summed E-state index contributed by atoms with van der Waals surface area (Å²) in [7, 11) is 3.12. The molecule has 10 heteroatoms. The number of fused-ring (bicyclic) bond motifs is 2. The van der Waals surface area contributed by atoms with E-state index in [2.05, 4.69) is 15.9 Å². The van der Waals surface area contributed by atoms with E-state index < -0.39 is 17.1 Å². The number of carbonyl (C=O) groups is 2. The summed E-state index contributed by atoms with van der Waals surface area (Å²) in [5, 5.41) is 0.0523. The quantitative estimate of drug-likeness (QED) is 0.263. The minimum absolute atomic E-state index is 0.119. The lowest BCUT2D eigenvalue weighted by molar-refractivity contribution is -0.122. The molecule has 7 nitrogen and oxygen atoms in total. The molecule has 6 rings (SSSR count). The normalized spacial score (nSPS) is 20.1. The minimum atomic E-state index is -0.681. The first-order chi connectivity index (χ1) is 18.9. The first kappa shape index (κ1) is 25.9. The molecule has 1 fully saturated rings. The third kappa shape index (κ3) is 4.40. The Bertz CT molecular complexity index is 1630. The van der Waals surface area contributed by atoms with Crippen molar-refractivity contribution in [1.82, 2.24) is 4.57 Å². The molecule has 3 aromatic carbocycles. The summed E-state index contributed by atoms with van der Waals surface area (Å²) in [5.74, 6) is -0.663.